The van der Waals surface area contributed by atoms with Gasteiger partial charge in [-0.2, -0.15) is 53.6 Å². The van der Waals surface area contributed by atoms with E-state index in [0.717, 1.165) is 12.8 Å². The fourth-order valence-corrected chi connectivity index (χ4v) is 7.13. The molecule has 0 N–H and O–H groups in total. The van der Waals surface area contributed by atoms with E-state index in [1.54, 1.807) is 24.3 Å². The third kappa shape index (κ3) is 12.2. The van der Waals surface area contributed by atoms with Gasteiger partial charge in [0, 0.05) is 11.6 Å². The van der Waals surface area contributed by atoms with E-state index in [-0.39, 0.29) is 47.3 Å². The summed E-state index contributed by atoms with van der Waals surface area (Å²) in [6, 6.07) is 27.0. The zero-order valence-corrected chi connectivity index (χ0v) is 38.9. The van der Waals surface area contributed by atoms with Crippen LogP contribution in [-0.2, 0) is 41.5 Å². The summed E-state index contributed by atoms with van der Waals surface area (Å²) in [6.07, 6.45) is 18.3. The van der Waals surface area contributed by atoms with Crippen molar-refractivity contribution in [2.24, 2.45) is 11.3 Å². The molecule has 0 heterocycles. The normalized spacial score (nSPS) is 16.8. The van der Waals surface area contributed by atoms with E-state index in [9.17, 15) is 8.78 Å². The Morgan fingerprint density at radius 1 is 0.804 bits per heavy atom. The average Bonchev–Trinajstić information content (AvgIpc) is 3.78. The molecule has 0 saturated carbocycles. The van der Waals surface area contributed by atoms with Gasteiger partial charge in [0.2, 0.25) is 0 Å². The second kappa shape index (κ2) is 21.1. The molecular weight excluding hydrogens is 813 g/mol. The summed E-state index contributed by atoms with van der Waals surface area (Å²) in [6.45, 7) is 22.9. The fourth-order valence-electron chi connectivity index (χ4n) is 7.13. The van der Waals surface area contributed by atoms with Crippen LogP contribution in [0.1, 0.15) is 115 Å². The van der Waals surface area contributed by atoms with Crippen molar-refractivity contribution in [2.45, 2.75) is 99.3 Å². The first-order chi connectivity index (χ1) is 25.5. The van der Waals surface area contributed by atoms with Crippen molar-refractivity contribution in [3.8, 4) is 11.1 Å². The van der Waals surface area contributed by atoms with Crippen LogP contribution >= 0.6 is 24.8 Å². The van der Waals surface area contributed by atoms with Crippen molar-refractivity contribution >= 4 is 40.2 Å². The Morgan fingerprint density at radius 3 is 1.73 bits per heavy atom. The zero-order chi connectivity index (χ0) is 39.8. The summed E-state index contributed by atoms with van der Waals surface area (Å²) in [5.74, 6) is 0.106. The number of halogens is 4. The first-order valence-electron chi connectivity index (χ1n) is 19.0. The van der Waals surface area contributed by atoms with E-state index < -0.39 is 0 Å². The van der Waals surface area contributed by atoms with Crippen molar-refractivity contribution < 1.29 is 33.0 Å². The number of hydrogen-bond donors (Lipinski definition) is 0. The molecule has 5 heteroatoms. The summed E-state index contributed by atoms with van der Waals surface area (Å²) in [5.41, 5.74) is 16.7. The number of rotatable bonds is 1. The van der Waals surface area contributed by atoms with Crippen LogP contribution in [0.4, 0.5) is 8.78 Å². The van der Waals surface area contributed by atoms with Crippen LogP contribution in [0.25, 0.3) is 22.3 Å². The van der Waals surface area contributed by atoms with Gasteiger partial charge in [-0.3, -0.25) is 14.9 Å². The fraction of sp³-hybridized carbons (Fsp3) is 0.333. The standard InChI is InChI=1S/C27H29.C11H17.2C6H4F.CH2.2ClH.Zr/c1-16-7-9-26(3,4)24-12-18-11-19-13-25-21(17(2)8-10-27(25,5)6)15-23(19)22(18)14-20(16)24;1-5-9-6-7-10(8-9)11(2,3)4;2*7-6-4-2-1-3-5-6;;;;/h7-9,12-15H,10-11H2,1-6H3;7-9H,5H2,1-4H3;2*1-2,4-5H;1H2;2*1H;/q4*-1;;;;. The van der Waals surface area contributed by atoms with Crippen molar-refractivity contribution in [1.82, 2.24) is 0 Å². The molecule has 0 aliphatic heterocycles. The van der Waals surface area contributed by atoms with E-state index in [4.69, 9.17) is 0 Å². The Kier molecular flexibility index (Phi) is 18.5. The molecule has 0 amide bonds. The van der Waals surface area contributed by atoms with Gasteiger partial charge in [0.15, 0.2) is 0 Å². The van der Waals surface area contributed by atoms with Crippen molar-refractivity contribution in [3.05, 3.63) is 172 Å². The van der Waals surface area contributed by atoms with E-state index in [1.165, 1.54) is 116 Å². The molecule has 1 atom stereocenters. The van der Waals surface area contributed by atoms with Crippen LogP contribution in [0.15, 0.2) is 103 Å². The number of allylic oxidation sites excluding steroid dienone is 8. The average molecular weight is 871 g/mol. The molecule has 0 saturated heterocycles. The zero-order valence-electron chi connectivity index (χ0n) is 34.8. The monoisotopic (exact) mass is 868 g/mol. The van der Waals surface area contributed by atoms with Crippen LogP contribution < -0.4 is 0 Å². The van der Waals surface area contributed by atoms with Gasteiger partial charge >= 0.3 is 28.4 Å². The molecule has 56 heavy (non-hydrogen) atoms. The summed E-state index contributed by atoms with van der Waals surface area (Å²) < 4.78 is 27.1. The molecule has 4 aliphatic carbocycles. The third-order valence-corrected chi connectivity index (χ3v) is 10.6. The first-order valence-corrected chi connectivity index (χ1v) is 20.7. The minimum atomic E-state index is -0.234. The minimum absolute atomic E-state index is 0. The van der Waals surface area contributed by atoms with Crippen LogP contribution in [0.5, 0.6) is 0 Å². The van der Waals surface area contributed by atoms with E-state index in [0.29, 0.717) is 11.3 Å². The van der Waals surface area contributed by atoms with Gasteiger partial charge in [-0.1, -0.05) is 108 Å². The second-order valence-electron chi connectivity index (χ2n) is 16.6. The summed E-state index contributed by atoms with van der Waals surface area (Å²) in [5, 5.41) is 0. The van der Waals surface area contributed by atoms with E-state index in [1.807, 2.05) is 0 Å². The molecule has 298 valence electrons. The maximum absolute atomic E-state index is 11.9. The summed E-state index contributed by atoms with van der Waals surface area (Å²) in [7, 11) is 0. The van der Waals surface area contributed by atoms with Gasteiger partial charge in [-0.25, -0.2) is 18.6 Å². The third-order valence-electron chi connectivity index (χ3n) is 10.6. The predicted molar refractivity (Wildman–Crippen MR) is 238 cm³/mol. The number of hydrogen-bond acceptors (Lipinski definition) is 0. The summed E-state index contributed by atoms with van der Waals surface area (Å²) in [4.78, 5) is 0. The van der Waals surface area contributed by atoms with Crippen molar-refractivity contribution in [1.29, 1.82) is 0 Å². The quantitative estimate of drug-likeness (QED) is 0.147. The van der Waals surface area contributed by atoms with Gasteiger partial charge in [0.05, 0.1) is 0 Å². The van der Waals surface area contributed by atoms with E-state index in [2.05, 4.69) is 147 Å². The van der Waals surface area contributed by atoms with Gasteiger partial charge in [0.1, 0.15) is 0 Å². The molecule has 4 aromatic carbocycles. The Bertz CT molecular complexity index is 1910. The van der Waals surface area contributed by atoms with Crippen molar-refractivity contribution in [2.75, 3.05) is 0 Å². The molecule has 0 aromatic heterocycles. The van der Waals surface area contributed by atoms with Crippen LogP contribution in [0.2, 0.25) is 0 Å². The molecule has 4 aliphatic rings. The molecule has 0 nitrogen and oxygen atoms in total. The summed E-state index contributed by atoms with van der Waals surface area (Å²) >= 11 is 1.30. The Morgan fingerprint density at radius 2 is 1.32 bits per heavy atom. The second-order valence-corrected chi connectivity index (χ2v) is 16.6. The Hall–Kier alpha value is -3.10. The Balaban J connectivity index is 0.000000307. The molecule has 0 spiro atoms. The van der Waals surface area contributed by atoms with Gasteiger partial charge in [-0.15, -0.1) is 61.6 Å². The van der Waals surface area contributed by atoms with Gasteiger partial charge in [0.25, 0.3) is 0 Å². The van der Waals surface area contributed by atoms with Crippen molar-refractivity contribution in [3.63, 3.8) is 0 Å². The van der Waals surface area contributed by atoms with Crippen LogP contribution in [0, 0.1) is 47.6 Å². The Labute approximate surface area is 364 Å². The topological polar surface area (TPSA) is 0 Å². The predicted octanol–water partition coefficient (Wildman–Crippen LogP) is 14.7. The van der Waals surface area contributed by atoms with Gasteiger partial charge in [-0.05, 0) is 70.2 Å². The molecule has 8 rings (SSSR count). The van der Waals surface area contributed by atoms with Gasteiger partial charge < -0.3 is 0 Å². The van der Waals surface area contributed by atoms with Crippen LogP contribution in [0.3, 0.4) is 0 Å². The number of fused-ring (bicyclic) bond motifs is 5. The molecule has 0 bridgehead atoms. The first kappa shape index (κ1) is 49.1. The van der Waals surface area contributed by atoms with Crippen LogP contribution in [-0.4, -0.2) is 4.21 Å². The molecular formula is C51H58Cl2F2Zr-4. The molecule has 0 radical (unpaired) electrons. The number of benzene rings is 4. The maximum atomic E-state index is 11.9. The molecule has 1 unspecified atom stereocenters. The SMILES string of the molecule is CC1=C[CH-]C(C)(C)c2cc3c(cc21)-c1cc2c(cc1C3)C(C)(C)CC=C2C.CCC1[C-]=CC(C(C)(C)C)=C1.Cl.Cl.Fc1c[c-]ccc1.Fc1c[c-]ccc1.[CH2]=[Zr]. The molecule has 0 fully saturated rings. The molecule has 4 aromatic rings. The van der Waals surface area contributed by atoms with E-state index >= 15 is 0 Å².